The largest absolute Gasteiger partial charge is 0.467 e. The Hall–Kier alpha value is -9.21. The van der Waals surface area contributed by atoms with Crippen LogP contribution in [0.5, 0.6) is 6.01 Å². The molecule has 0 saturated carbocycles. The van der Waals surface area contributed by atoms with E-state index in [-0.39, 0.29) is 46.0 Å². The highest BCUT2D eigenvalue weighted by atomic mass is 35.5. The second kappa shape index (κ2) is 25.7. The average molecular weight is 1220 g/mol. The van der Waals surface area contributed by atoms with Crippen molar-refractivity contribution in [2.24, 2.45) is 14.1 Å². The zero-order chi connectivity index (χ0) is 62.6. The third-order valence-corrected chi connectivity index (χ3v) is 12.8. The number of hydrogen-bond acceptors (Lipinski definition) is 19. The maximum Gasteiger partial charge on any atom is 0.410 e. The fourth-order valence-corrected chi connectivity index (χ4v) is 8.28. The Balaban J connectivity index is 0.000000244. The summed E-state index contributed by atoms with van der Waals surface area (Å²) in [5.74, 6) is -1.89. The van der Waals surface area contributed by atoms with Crippen molar-refractivity contribution in [3.05, 3.63) is 99.0 Å². The van der Waals surface area contributed by atoms with Crippen molar-refractivity contribution in [1.29, 1.82) is 0 Å². The Kier molecular flexibility index (Phi) is 19.2. The van der Waals surface area contributed by atoms with Crippen molar-refractivity contribution in [2.45, 2.75) is 92.5 Å². The van der Waals surface area contributed by atoms with E-state index in [0.29, 0.717) is 66.0 Å². The van der Waals surface area contributed by atoms with Gasteiger partial charge in [-0.25, -0.2) is 39.5 Å². The molecule has 0 aliphatic heterocycles. The predicted molar refractivity (Wildman–Crippen MR) is 319 cm³/mol. The Morgan fingerprint density at radius 3 is 1.29 bits per heavy atom. The van der Waals surface area contributed by atoms with E-state index < -0.39 is 59.1 Å². The summed E-state index contributed by atoms with van der Waals surface area (Å²) in [5, 5.41) is 20.4. The van der Waals surface area contributed by atoms with Gasteiger partial charge in [0.1, 0.15) is 91.4 Å². The molecule has 0 fully saturated rings. The Labute approximate surface area is 502 Å². The topological polar surface area (TPSA) is 323 Å². The van der Waals surface area contributed by atoms with Gasteiger partial charge in [-0.3, -0.25) is 38.3 Å². The number of carbonyl (C=O) groups excluding carboxylic acids is 6. The molecule has 0 aromatic carbocycles. The molecule has 27 nitrogen and oxygen atoms in total. The number of nitrogens with one attached hydrogen (secondary N) is 4. The van der Waals surface area contributed by atoms with E-state index in [2.05, 4.69) is 71.3 Å². The van der Waals surface area contributed by atoms with Crippen molar-refractivity contribution in [1.82, 2.24) is 69.2 Å². The smallest absolute Gasteiger partial charge is 0.410 e. The first-order valence-corrected chi connectivity index (χ1v) is 27.0. The van der Waals surface area contributed by atoms with Crippen LogP contribution in [-0.4, -0.2) is 150 Å². The summed E-state index contributed by atoms with van der Waals surface area (Å²) in [6.07, 6.45) is 1.37. The van der Waals surface area contributed by atoms with E-state index in [1.807, 2.05) is 6.92 Å². The first-order valence-electron chi connectivity index (χ1n) is 25.9. The van der Waals surface area contributed by atoms with Gasteiger partial charge in [-0.1, -0.05) is 23.2 Å². The van der Waals surface area contributed by atoms with Crippen LogP contribution in [0, 0.1) is 13.8 Å². The van der Waals surface area contributed by atoms with Crippen molar-refractivity contribution in [3.63, 3.8) is 0 Å². The van der Waals surface area contributed by atoms with Gasteiger partial charge >= 0.3 is 18.2 Å². The number of aryl methyl sites for hydroxylation is 4. The van der Waals surface area contributed by atoms with E-state index in [1.54, 1.807) is 110 Å². The lowest BCUT2D eigenvalue weighted by Crippen LogP contribution is -2.45. The Bertz CT molecular complexity index is 3880. The molecule has 0 radical (unpaired) electrons. The molecular weight excluding hydrogens is 1160 g/mol. The summed E-state index contributed by atoms with van der Waals surface area (Å²) in [7, 11) is 7.85. The molecule has 0 saturated heterocycles. The van der Waals surface area contributed by atoms with Gasteiger partial charge < -0.3 is 35.5 Å². The summed E-state index contributed by atoms with van der Waals surface area (Å²) >= 11 is 18.1. The first kappa shape index (κ1) is 63.4. The van der Waals surface area contributed by atoms with Crippen molar-refractivity contribution < 1.29 is 43.0 Å². The lowest BCUT2D eigenvalue weighted by molar-refractivity contribution is -0.121. The number of methoxy groups -OCH3 is 1. The van der Waals surface area contributed by atoms with Gasteiger partial charge in [0, 0.05) is 51.7 Å². The SMILES string of the molecule is COc1nc(-c2cc(NC(=O)c3ccc(Cl)cn3)nc(NC(=O)C(C)N(C)C(=O)OC(C)(C)C)c2)c2c(n1)c(C)nn2C.Cc1nn(C)c2c(-c3cc(NC(=O)c4ccc(Cl)cn4)nc(NC(=O)C(C)N(C)C(=O)OC(C)(C)C)c3)nc(Cl)nc12. The molecule has 446 valence electrons. The molecule has 8 aromatic rings. The molecular formula is C55H61Cl3N18O9. The molecule has 0 aliphatic carbocycles. The number of anilines is 4. The van der Waals surface area contributed by atoms with Crippen LogP contribution in [0.3, 0.4) is 0 Å². The number of hydrogen-bond donors (Lipinski definition) is 4. The molecule has 30 heteroatoms. The second-order valence-corrected chi connectivity index (χ2v) is 22.3. The minimum atomic E-state index is -0.929. The van der Waals surface area contributed by atoms with Gasteiger partial charge in [0.25, 0.3) is 11.8 Å². The summed E-state index contributed by atoms with van der Waals surface area (Å²) in [4.78, 5) is 114. The third-order valence-electron chi connectivity index (χ3n) is 12.2. The Morgan fingerprint density at radius 1 is 0.553 bits per heavy atom. The number of pyridine rings is 4. The number of nitrogens with zero attached hydrogens (tertiary/aromatic N) is 14. The number of rotatable bonds is 13. The number of ether oxygens (including phenoxy) is 3. The normalized spacial score (nSPS) is 12.1. The predicted octanol–water partition coefficient (Wildman–Crippen LogP) is 9.12. The highest BCUT2D eigenvalue weighted by Crippen LogP contribution is 2.34. The minimum Gasteiger partial charge on any atom is -0.467 e. The summed E-state index contributed by atoms with van der Waals surface area (Å²) in [6, 6.07) is 10.5. The molecule has 0 spiro atoms. The number of amides is 6. The van der Waals surface area contributed by atoms with Gasteiger partial charge in [0.15, 0.2) is 0 Å². The standard InChI is InChI=1S/C28H32ClN9O5.C27H29Cl2N9O4/c1-14-21-23(38(7)36-14)22(35-26(34-21)42-8)16-11-19(32-24(39)15(2)37(6)27(41)43-28(3,4)5)31-20(12-16)33-25(40)18-10-9-17(29)13-30-18;1-13-20-22(38(7)36-13)21(35-25(29)34-20)15-10-18(32-23(39)14(2)37(6)26(41)42-27(3,4)5)31-19(11-15)33-24(40)17-9-8-16(28)12-30-17/h9-13,15H,1-8H3,(H2,31,32,33,39,40);8-12,14H,1-7H3,(H2,31,32,33,39,40). The monoisotopic (exact) mass is 1220 g/mol. The number of fused-ring (bicyclic) bond motifs is 2. The van der Waals surface area contributed by atoms with Crippen LogP contribution in [0.1, 0.15) is 87.8 Å². The third kappa shape index (κ3) is 15.7. The minimum absolute atomic E-state index is 0.0143. The van der Waals surface area contributed by atoms with Gasteiger partial charge in [0.2, 0.25) is 17.1 Å². The van der Waals surface area contributed by atoms with Crippen LogP contribution >= 0.6 is 34.8 Å². The number of likely N-dealkylation sites (N-methyl/N-ethyl adjacent to an activating group) is 2. The van der Waals surface area contributed by atoms with Crippen LogP contribution in [0.25, 0.3) is 44.6 Å². The van der Waals surface area contributed by atoms with Crippen molar-refractivity contribution in [2.75, 3.05) is 42.5 Å². The van der Waals surface area contributed by atoms with Crippen LogP contribution in [0.15, 0.2) is 60.9 Å². The van der Waals surface area contributed by atoms with E-state index in [0.717, 1.165) is 0 Å². The highest BCUT2D eigenvalue weighted by molar-refractivity contribution is 6.31. The van der Waals surface area contributed by atoms with Crippen molar-refractivity contribution >= 4 is 116 Å². The molecule has 6 amide bonds. The van der Waals surface area contributed by atoms with Crippen LogP contribution < -0.4 is 26.0 Å². The van der Waals surface area contributed by atoms with E-state index >= 15 is 0 Å². The van der Waals surface area contributed by atoms with E-state index in [4.69, 9.17) is 49.0 Å². The van der Waals surface area contributed by atoms with Crippen LogP contribution in [-0.2, 0) is 33.2 Å². The fraction of sp³-hybridized carbons (Fsp3) is 0.345. The molecule has 8 heterocycles. The summed E-state index contributed by atoms with van der Waals surface area (Å²) in [5.41, 5.74) is 4.02. The molecule has 2 atom stereocenters. The Morgan fingerprint density at radius 2 is 0.929 bits per heavy atom. The van der Waals surface area contributed by atoms with Gasteiger partial charge in [-0.05, 0) is 129 Å². The lowest BCUT2D eigenvalue weighted by Gasteiger charge is -2.28. The highest BCUT2D eigenvalue weighted by Gasteiger charge is 2.30. The quantitative estimate of drug-likeness (QED) is 0.0782. The van der Waals surface area contributed by atoms with Crippen molar-refractivity contribution in [3.8, 4) is 28.5 Å². The first-order chi connectivity index (χ1) is 39.8. The molecule has 4 N–H and O–H groups in total. The van der Waals surface area contributed by atoms with Gasteiger partial charge in [-0.15, -0.1) is 0 Å². The van der Waals surface area contributed by atoms with E-state index in [1.165, 1.54) is 67.7 Å². The molecule has 0 bridgehead atoms. The lowest BCUT2D eigenvalue weighted by atomic mass is 10.1. The molecule has 8 aromatic heterocycles. The van der Waals surface area contributed by atoms with Crippen LogP contribution in [0.4, 0.5) is 32.9 Å². The number of carbonyl (C=O) groups is 6. The number of halogens is 3. The average Bonchev–Trinajstić information content (AvgIpc) is 2.80. The summed E-state index contributed by atoms with van der Waals surface area (Å²) < 4.78 is 19.3. The maximum atomic E-state index is 13.3. The number of aromatic nitrogens is 12. The van der Waals surface area contributed by atoms with Gasteiger partial charge in [0.05, 0.1) is 28.5 Å². The molecule has 8 rings (SSSR count). The summed E-state index contributed by atoms with van der Waals surface area (Å²) in [6.45, 7) is 17.1. The van der Waals surface area contributed by atoms with Gasteiger partial charge in [-0.2, -0.15) is 20.2 Å². The van der Waals surface area contributed by atoms with E-state index in [9.17, 15) is 28.8 Å². The van der Waals surface area contributed by atoms with Crippen LogP contribution in [0.2, 0.25) is 15.3 Å². The molecule has 85 heavy (non-hydrogen) atoms. The zero-order valence-electron chi connectivity index (χ0n) is 49.0. The zero-order valence-corrected chi connectivity index (χ0v) is 51.3. The maximum absolute atomic E-state index is 13.3. The fourth-order valence-electron chi connectivity index (χ4n) is 7.89. The second-order valence-electron chi connectivity index (χ2n) is 21.1. The molecule has 0 aliphatic rings. The molecule has 2 unspecified atom stereocenters.